The molecule has 1 aromatic heterocycles. The average molecular weight is 302 g/mol. The van der Waals surface area contributed by atoms with E-state index in [1.54, 1.807) is 0 Å². The Bertz CT molecular complexity index is 523. The van der Waals surface area contributed by atoms with Crippen molar-refractivity contribution in [3.8, 4) is 0 Å². The highest BCUT2D eigenvalue weighted by atomic mass is 16.5. The summed E-state index contributed by atoms with van der Waals surface area (Å²) in [6, 6.07) is 2.91. The van der Waals surface area contributed by atoms with Crippen LogP contribution in [0.1, 0.15) is 30.5 Å². The quantitative estimate of drug-likeness (QED) is 0.843. The van der Waals surface area contributed by atoms with Gasteiger partial charge in [-0.25, -0.2) is 0 Å². The molecule has 2 aliphatic heterocycles. The van der Waals surface area contributed by atoms with Crippen LogP contribution in [-0.2, 0) is 17.6 Å². The molecule has 22 heavy (non-hydrogen) atoms. The van der Waals surface area contributed by atoms with Crippen molar-refractivity contribution >= 4 is 5.82 Å². The van der Waals surface area contributed by atoms with Gasteiger partial charge in [0.25, 0.3) is 0 Å². The molecular formula is C17H26N4O. The summed E-state index contributed by atoms with van der Waals surface area (Å²) in [5.41, 5.74) is 2.64. The van der Waals surface area contributed by atoms with Crippen LogP contribution >= 0.6 is 0 Å². The average Bonchev–Trinajstić information content (AvgIpc) is 2.94. The molecule has 5 heteroatoms. The fourth-order valence-electron chi connectivity index (χ4n) is 3.90. The van der Waals surface area contributed by atoms with Gasteiger partial charge in [-0.3, -0.25) is 4.90 Å². The molecule has 1 unspecified atom stereocenters. The molecule has 120 valence electrons. The standard InChI is InChI=1S/C17H26N4O/c1-20(9-13-4-3-7-22-12-13)15-10-21(11-15)17-8-14-5-2-6-16(14)18-19-17/h8,13,15H,2-7,9-12H2,1H3. The van der Waals surface area contributed by atoms with Crippen molar-refractivity contribution in [1.82, 2.24) is 15.1 Å². The van der Waals surface area contributed by atoms with Crippen LogP contribution in [0.5, 0.6) is 0 Å². The van der Waals surface area contributed by atoms with E-state index in [1.807, 2.05) is 0 Å². The molecule has 0 amide bonds. The van der Waals surface area contributed by atoms with E-state index in [0.717, 1.165) is 45.1 Å². The summed E-state index contributed by atoms with van der Waals surface area (Å²) in [5.74, 6) is 1.79. The Kier molecular flexibility index (Phi) is 4.01. The fourth-order valence-corrected chi connectivity index (χ4v) is 3.90. The third-order valence-electron chi connectivity index (χ3n) is 5.42. The molecular weight excluding hydrogens is 276 g/mol. The summed E-state index contributed by atoms with van der Waals surface area (Å²) >= 11 is 0. The Labute approximate surface area is 132 Å². The Hall–Kier alpha value is -1.20. The number of anilines is 1. The van der Waals surface area contributed by atoms with Crippen LogP contribution in [0.2, 0.25) is 0 Å². The minimum atomic E-state index is 0.650. The van der Waals surface area contributed by atoms with Crippen LogP contribution in [0, 0.1) is 5.92 Å². The second kappa shape index (κ2) is 6.13. The van der Waals surface area contributed by atoms with Crippen LogP contribution in [0.4, 0.5) is 5.82 Å². The lowest BCUT2D eigenvalue weighted by Crippen LogP contribution is -2.59. The summed E-state index contributed by atoms with van der Waals surface area (Å²) in [5, 5.41) is 8.82. The maximum absolute atomic E-state index is 5.59. The van der Waals surface area contributed by atoms with E-state index in [0.29, 0.717) is 12.0 Å². The SMILES string of the molecule is CN(CC1CCCOC1)C1CN(c2cc3c(nn2)CCC3)C1. The van der Waals surface area contributed by atoms with E-state index in [1.165, 1.54) is 36.9 Å². The van der Waals surface area contributed by atoms with Crippen molar-refractivity contribution in [3.05, 3.63) is 17.3 Å². The Balaban J connectivity index is 1.30. The van der Waals surface area contributed by atoms with Crippen molar-refractivity contribution in [2.75, 3.05) is 44.8 Å². The number of hydrogen-bond donors (Lipinski definition) is 0. The number of ether oxygens (including phenoxy) is 1. The number of hydrogen-bond acceptors (Lipinski definition) is 5. The summed E-state index contributed by atoms with van der Waals surface area (Å²) < 4.78 is 5.59. The number of rotatable bonds is 4. The van der Waals surface area contributed by atoms with Gasteiger partial charge in [0.1, 0.15) is 0 Å². The van der Waals surface area contributed by atoms with Crippen molar-refractivity contribution in [2.24, 2.45) is 5.92 Å². The minimum Gasteiger partial charge on any atom is -0.381 e. The van der Waals surface area contributed by atoms with E-state index in [9.17, 15) is 0 Å². The molecule has 0 spiro atoms. The third kappa shape index (κ3) is 2.84. The van der Waals surface area contributed by atoms with Gasteiger partial charge in [0.05, 0.1) is 12.3 Å². The smallest absolute Gasteiger partial charge is 0.151 e. The number of aromatic nitrogens is 2. The largest absolute Gasteiger partial charge is 0.381 e. The molecule has 0 aromatic carbocycles. The van der Waals surface area contributed by atoms with Gasteiger partial charge in [-0.2, -0.15) is 5.10 Å². The molecule has 1 atom stereocenters. The van der Waals surface area contributed by atoms with Crippen molar-refractivity contribution in [2.45, 2.75) is 38.1 Å². The molecule has 5 nitrogen and oxygen atoms in total. The monoisotopic (exact) mass is 302 g/mol. The van der Waals surface area contributed by atoms with Crippen LogP contribution in [-0.4, -0.2) is 61.0 Å². The highest BCUT2D eigenvalue weighted by molar-refractivity contribution is 5.45. The lowest BCUT2D eigenvalue weighted by atomic mass is 9.99. The fraction of sp³-hybridized carbons (Fsp3) is 0.765. The van der Waals surface area contributed by atoms with Gasteiger partial charge in [-0.05, 0) is 56.7 Å². The van der Waals surface area contributed by atoms with Crippen LogP contribution < -0.4 is 4.90 Å². The molecule has 1 aromatic rings. The zero-order chi connectivity index (χ0) is 14.9. The maximum Gasteiger partial charge on any atom is 0.151 e. The Morgan fingerprint density at radius 3 is 3.00 bits per heavy atom. The van der Waals surface area contributed by atoms with E-state index in [-0.39, 0.29) is 0 Å². The topological polar surface area (TPSA) is 41.5 Å². The van der Waals surface area contributed by atoms with E-state index < -0.39 is 0 Å². The number of aryl methyl sites for hydroxylation is 2. The highest BCUT2D eigenvalue weighted by Crippen LogP contribution is 2.27. The zero-order valence-corrected chi connectivity index (χ0v) is 13.5. The van der Waals surface area contributed by atoms with E-state index >= 15 is 0 Å². The molecule has 0 saturated carbocycles. The van der Waals surface area contributed by atoms with Crippen molar-refractivity contribution < 1.29 is 4.74 Å². The molecule has 3 heterocycles. The second-order valence-corrected chi connectivity index (χ2v) is 7.11. The molecule has 0 radical (unpaired) electrons. The minimum absolute atomic E-state index is 0.650. The second-order valence-electron chi connectivity index (χ2n) is 7.11. The van der Waals surface area contributed by atoms with Gasteiger partial charge < -0.3 is 9.64 Å². The first kappa shape index (κ1) is 14.4. The summed E-state index contributed by atoms with van der Waals surface area (Å²) in [6.45, 7) is 5.22. The predicted molar refractivity (Wildman–Crippen MR) is 86.2 cm³/mol. The molecule has 0 N–H and O–H groups in total. The first-order chi connectivity index (χ1) is 10.8. The Morgan fingerprint density at radius 2 is 2.18 bits per heavy atom. The molecule has 1 aliphatic carbocycles. The van der Waals surface area contributed by atoms with Crippen LogP contribution in [0.3, 0.4) is 0 Å². The lowest BCUT2D eigenvalue weighted by Gasteiger charge is -2.45. The van der Waals surface area contributed by atoms with Gasteiger partial charge in [0, 0.05) is 32.3 Å². The molecule has 3 aliphatic rings. The van der Waals surface area contributed by atoms with E-state index in [4.69, 9.17) is 4.74 Å². The number of nitrogens with zero attached hydrogens (tertiary/aromatic N) is 4. The summed E-state index contributed by atoms with van der Waals surface area (Å²) in [7, 11) is 2.25. The predicted octanol–water partition coefficient (Wildman–Crippen LogP) is 1.51. The van der Waals surface area contributed by atoms with Crippen LogP contribution in [0.15, 0.2) is 6.07 Å². The van der Waals surface area contributed by atoms with Gasteiger partial charge in [0.15, 0.2) is 5.82 Å². The third-order valence-corrected chi connectivity index (χ3v) is 5.42. The van der Waals surface area contributed by atoms with Gasteiger partial charge >= 0.3 is 0 Å². The molecule has 4 rings (SSSR count). The lowest BCUT2D eigenvalue weighted by molar-refractivity contribution is 0.0339. The zero-order valence-electron chi connectivity index (χ0n) is 13.5. The first-order valence-electron chi connectivity index (χ1n) is 8.68. The van der Waals surface area contributed by atoms with Gasteiger partial charge in [-0.1, -0.05) is 0 Å². The first-order valence-corrected chi connectivity index (χ1v) is 8.68. The van der Waals surface area contributed by atoms with E-state index in [2.05, 4.69) is 33.1 Å². The summed E-state index contributed by atoms with van der Waals surface area (Å²) in [4.78, 5) is 4.88. The van der Waals surface area contributed by atoms with Gasteiger partial charge in [0.2, 0.25) is 0 Å². The molecule has 2 fully saturated rings. The van der Waals surface area contributed by atoms with Gasteiger partial charge in [-0.15, -0.1) is 5.10 Å². The summed E-state index contributed by atoms with van der Waals surface area (Å²) in [6.07, 6.45) is 6.06. The normalized spacial score (nSPS) is 25.4. The number of fused-ring (bicyclic) bond motifs is 1. The molecule has 0 bridgehead atoms. The highest BCUT2D eigenvalue weighted by Gasteiger charge is 2.32. The maximum atomic E-state index is 5.59. The van der Waals surface area contributed by atoms with Crippen molar-refractivity contribution in [1.29, 1.82) is 0 Å². The Morgan fingerprint density at radius 1 is 1.27 bits per heavy atom. The number of likely N-dealkylation sites (N-methyl/N-ethyl adjacent to an activating group) is 1. The molecule has 2 saturated heterocycles. The van der Waals surface area contributed by atoms with Crippen molar-refractivity contribution in [3.63, 3.8) is 0 Å². The van der Waals surface area contributed by atoms with Crippen LogP contribution in [0.25, 0.3) is 0 Å².